The summed E-state index contributed by atoms with van der Waals surface area (Å²) < 4.78 is 1.02. The maximum atomic E-state index is 11.8. The molecule has 0 fully saturated rings. The van der Waals surface area contributed by atoms with Crippen molar-refractivity contribution in [2.45, 2.75) is 53.1 Å². The molecule has 0 saturated carbocycles. The lowest BCUT2D eigenvalue weighted by molar-refractivity contribution is -0.136. The van der Waals surface area contributed by atoms with Gasteiger partial charge in [0.2, 0.25) is 0 Å². The molecule has 0 atom stereocenters. The quantitative estimate of drug-likeness (QED) is 0.222. The van der Waals surface area contributed by atoms with Crippen molar-refractivity contribution in [1.82, 2.24) is 9.97 Å². The molecule has 3 aromatic carbocycles. The van der Waals surface area contributed by atoms with Crippen molar-refractivity contribution in [3.8, 4) is 33.0 Å². The third kappa shape index (κ3) is 6.37. The number of nitrogens with zero attached hydrogens (tertiary/aromatic N) is 3. The normalized spacial score (nSPS) is 12.7. The second kappa shape index (κ2) is 11.7. The van der Waals surface area contributed by atoms with E-state index in [0.717, 1.165) is 61.7 Å². The van der Waals surface area contributed by atoms with Crippen molar-refractivity contribution in [3.05, 3.63) is 89.1 Å². The molecular weight excluding hydrogens is 542 g/mol. The van der Waals surface area contributed by atoms with Gasteiger partial charge >= 0.3 is 5.97 Å². The summed E-state index contributed by atoms with van der Waals surface area (Å²) in [5.74, 6) is -0.833. The molecule has 3 heterocycles. The average molecular weight is 580 g/mol. The standard InChI is InChI=1S/C31H27N3O2S.C4H10O/c1-18-7-9-20(10-8-18)29-24(17-28(35)36)19(2)15-26-30(29)37-31(33-26)21-11-13-32-25(16-21)22-5-4-6-27-23(22)12-14-34(27)3;1-4(2,3)5/h4-11,13,15-16H,12,14,17H2,1-3H3,(H,35,36);5H,1-3H3. The zero-order chi connectivity index (χ0) is 30.2. The monoisotopic (exact) mass is 579 g/mol. The zero-order valence-corrected chi connectivity index (χ0v) is 25.8. The zero-order valence-electron chi connectivity index (χ0n) is 25.0. The Balaban J connectivity index is 0.000000652. The van der Waals surface area contributed by atoms with E-state index in [4.69, 9.17) is 15.1 Å². The fraction of sp³-hybridized carbons (Fsp3) is 0.286. The summed E-state index contributed by atoms with van der Waals surface area (Å²) in [6, 6.07) is 20.9. The van der Waals surface area contributed by atoms with Crippen LogP contribution in [0.1, 0.15) is 43.0 Å². The Bertz CT molecular complexity index is 1760. The molecule has 7 heteroatoms. The first kappa shape index (κ1) is 29.4. The highest BCUT2D eigenvalue weighted by Crippen LogP contribution is 2.42. The van der Waals surface area contributed by atoms with Crippen LogP contribution in [0.5, 0.6) is 0 Å². The van der Waals surface area contributed by atoms with Gasteiger partial charge in [-0.3, -0.25) is 9.78 Å². The van der Waals surface area contributed by atoms with Crippen molar-refractivity contribution >= 4 is 33.2 Å². The SMILES string of the molecule is CC(C)(C)O.Cc1ccc(-c2c(CC(=O)O)c(C)cc3nc(-c4ccnc(-c5cccc6c5CCN6C)c4)sc23)cc1. The number of likely N-dealkylation sites (N-methyl/N-ethyl adjacent to an activating group) is 1. The Kier molecular flexibility index (Phi) is 8.17. The first-order valence-corrected chi connectivity index (χ1v) is 14.9. The molecule has 0 radical (unpaired) electrons. The molecule has 216 valence electrons. The van der Waals surface area contributed by atoms with Gasteiger partial charge in [-0.15, -0.1) is 11.3 Å². The third-order valence-corrected chi connectivity index (χ3v) is 8.36. The Morgan fingerprint density at radius 2 is 1.74 bits per heavy atom. The minimum atomic E-state index is -0.833. The second-order valence-electron chi connectivity index (χ2n) is 11.9. The predicted molar refractivity (Wildman–Crippen MR) is 173 cm³/mol. The molecule has 0 amide bonds. The van der Waals surface area contributed by atoms with Crippen LogP contribution in [0.4, 0.5) is 5.69 Å². The number of carboxylic acids is 1. The Labute approximate surface area is 251 Å². The summed E-state index contributed by atoms with van der Waals surface area (Å²) in [4.78, 5) is 23.8. The van der Waals surface area contributed by atoms with Crippen molar-refractivity contribution < 1.29 is 15.0 Å². The number of aliphatic carboxylic acids is 1. The maximum Gasteiger partial charge on any atom is 0.307 e. The molecule has 42 heavy (non-hydrogen) atoms. The lowest BCUT2D eigenvalue weighted by Gasteiger charge is -2.13. The molecule has 0 spiro atoms. The Morgan fingerprint density at radius 1 is 1.02 bits per heavy atom. The number of aryl methyl sites for hydroxylation is 2. The number of thiazole rings is 1. The molecule has 0 aliphatic carbocycles. The van der Waals surface area contributed by atoms with Crippen LogP contribution < -0.4 is 4.90 Å². The van der Waals surface area contributed by atoms with E-state index >= 15 is 0 Å². The molecule has 1 aliphatic heterocycles. The van der Waals surface area contributed by atoms with E-state index in [2.05, 4.69) is 67.4 Å². The molecular formula is C35H37N3O3S. The topological polar surface area (TPSA) is 86.5 Å². The summed E-state index contributed by atoms with van der Waals surface area (Å²) >= 11 is 1.62. The van der Waals surface area contributed by atoms with Gasteiger partial charge in [-0.2, -0.15) is 0 Å². The van der Waals surface area contributed by atoms with Gasteiger partial charge in [-0.25, -0.2) is 4.98 Å². The first-order valence-electron chi connectivity index (χ1n) is 14.1. The van der Waals surface area contributed by atoms with Crippen molar-refractivity contribution in [1.29, 1.82) is 0 Å². The highest BCUT2D eigenvalue weighted by Gasteiger charge is 2.22. The van der Waals surface area contributed by atoms with E-state index in [9.17, 15) is 9.90 Å². The fourth-order valence-electron chi connectivity index (χ4n) is 5.31. The summed E-state index contributed by atoms with van der Waals surface area (Å²) in [7, 11) is 2.13. The number of fused-ring (bicyclic) bond motifs is 2. The van der Waals surface area contributed by atoms with E-state index in [1.54, 1.807) is 32.1 Å². The highest BCUT2D eigenvalue weighted by molar-refractivity contribution is 7.22. The third-order valence-electron chi connectivity index (χ3n) is 7.22. The maximum absolute atomic E-state index is 11.8. The minimum absolute atomic E-state index is 0.0226. The molecule has 2 N–H and O–H groups in total. The van der Waals surface area contributed by atoms with Gasteiger partial charge in [0.15, 0.2) is 0 Å². The van der Waals surface area contributed by atoms with Gasteiger partial charge in [-0.05, 0) is 87.6 Å². The van der Waals surface area contributed by atoms with Crippen molar-refractivity contribution in [3.63, 3.8) is 0 Å². The van der Waals surface area contributed by atoms with Crippen LogP contribution in [0.3, 0.4) is 0 Å². The number of hydrogen-bond acceptors (Lipinski definition) is 6. The van der Waals surface area contributed by atoms with E-state index in [1.807, 2.05) is 25.3 Å². The largest absolute Gasteiger partial charge is 0.481 e. The summed E-state index contributed by atoms with van der Waals surface area (Å²) in [5, 5.41) is 19.1. The molecule has 1 aliphatic rings. The van der Waals surface area contributed by atoms with Gasteiger partial charge in [0, 0.05) is 42.2 Å². The fourth-order valence-corrected chi connectivity index (χ4v) is 6.44. The van der Waals surface area contributed by atoms with Crippen LogP contribution in [0.15, 0.2) is 66.9 Å². The summed E-state index contributed by atoms with van der Waals surface area (Å²) in [6.07, 6.45) is 2.85. The summed E-state index contributed by atoms with van der Waals surface area (Å²) in [5.41, 5.74) is 11.1. The number of aliphatic hydroxyl groups is 1. The number of carbonyl (C=O) groups is 1. The Morgan fingerprint density at radius 3 is 2.43 bits per heavy atom. The van der Waals surface area contributed by atoms with Crippen LogP contribution in [0.25, 0.3) is 43.2 Å². The summed E-state index contributed by atoms with van der Waals surface area (Å²) in [6.45, 7) is 10.3. The second-order valence-corrected chi connectivity index (χ2v) is 12.9. The number of carboxylic acid groups (broad SMARTS) is 1. The van der Waals surface area contributed by atoms with E-state index in [0.29, 0.717) is 0 Å². The number of anilines is 1. The number of rotatable bonds is 5. The molecule has 0 saturated heterocycles. The van der Waals surface area contributed by atoms with Crippen molar-refractivity contribution in [2.24, 2.45) is 0 Å². The molecule has 6 rings (SSSR count). The predicted octanol–water partition coefficient (Wildman–Crippen LogP) is 7.71. The first-order chi connectivity index (χ1) is 19.9. The minimum Gasteiger partial charge on any atom is -0.481 e. The van der Waals surface area contributed by atoms with Crippen LogP contribution >= 0.6 is 11.3 Å². The number of aromatic nitrogens is 2. The van der Waals surface area contributed by atoms with E-state index in [1.165, 1.54) is 22.4 Å². The lowest BCUT2D eigenvalue weighted by Crippen LogP contribution is -2.12. The van der Waals surface area contributed by atoms with Crippen LogP contribution in [0.2, 0.25) is 0 Å². The van der Waals surface area contributed by atoms with Gasteiger partial charge in [0.25, 0.3) is 0 Å². The number of benzene rings is 3. The average Bonchev–Trinajstić information content (AvgIpc) is 3.52. The smallest absolute Gasteiger partial charge is 0.307 e. The highest BCUT2D eigenvalue weighted by atomic mass is 32.1. The Hall–Kier alpha value is -4.07. The van der Waals surface area contributed by atoms with E-state index in [-0.39, 0.29) is 6.42 Å². The van der Waals surface area contributed by atoms with Gasteiger partial charge in [0.05, 0.1) is 27.9 Å². The van der Waals surface area contributed by atoms with Gasteiger partial charge < -0.3 is 15.1 Å². The molecule has 2 aromatic heterocycles. The van der Waals surface area contributed by atoms with Crippen LogP contribution in [-0.2, 0) is 17.6 Å². The van der Waals surface area contributed by atoms with E-state index < -0.39 is 11.6 Å². The van der Waals surface area contributed by atoms with Crippen molar-refractivity contribution in [2.75, 3.05) is 18.5 Å². The number of pyridine rings is 1. The molecule has 0 unspecified atom stereocenters. The molecule has 5 aromatic rings. The van der Waals surface area contributed by atoms with Gasteiger partial charge in [-0.1, -0.05) is 42.0 Å². The van der Waals surface area contributed by atoms with Crippen LogP contribution in [-0.4, -0.2) is 45.3 Å². The number of hydrogen-bond donors (Lipinski definition) is 2. The molecule has 0 bridgehead atoms. The van der Waals surface area contributed by atoms with Crippen LogP contribution in [0, 0.1) is 13.8 Å². The molecule has 6 nitrogen and oxygen atoms in total. The lowest BCUT2D eigenvalue weighted by atomic mass is 9.93. The van der Waals surface area contributed by atoms with Gasteiger partial charge in [0.1, 0.15) is 5.01 Å².